The van der Waals surface area contributed by atoms with Crippen molar-refractivity contribution in [1.82, 2.24) is 20.9 Å². The van der Waals surface area contributed by atoms with Gasteiger partial charge in [-0.1, -0.05) is 18.2 Å². The number of benzene rings is 1. The van der Waals surface area contributed by atoms with Gasteiger partial charge >= 0.3 is 5.97 Å². The number of carbonyl (C=O) groups excluding carboxylic acids is 4. The number of carboxylic acids is 1. The van der Waals surface area contributed by atoms with Crippen LogP contribution < -0.4 is 27.4 Å². The van der Waals surface area contributed by atoms with E-state index >= 15 is 0 Å². The Balaban J connectivity index is 1.82. The molecule has 0 aliphatic rings. The Morgan fingerprint density at radius 2 is 1.78 bits per heavy atom. The van der Waals surface area contributed by atoms with Crippen LogP contribution >= 0.6 is 0 Å². The Morgan fingerprint density at radius 1 is 1.09 bits per heavy atom. The number of aromatic amines is 1. The smallest absolute Gasteiger partial charge is 0.326 e. The van der Waals surface area contributed by atoms with Gasteiger partial charge in [-0.2, -0.15) is 0 Å². The molecule has 2 aromatic rings. The van der Waals surface area contributed by atoms with Crippen LogP contribution in [0.2, 0.25) is 0 Å². The minimum absolute atomic E-state index is 0.253. The van der Waals surface area contributed by atoms with Gasteiger partial charge in [0.1, 0.15) is 12.1 Å². The molecule has 172 valence electrons. The summed E-state index contributed by atoms with van der Waals surface area (Å²) in [6, 6.07) is 4.17. The molecule has 0 radical (unpaired) electrons. The highest BCUT2D eigenvalue weighted by molar-refractivity contribution is 5.93. The Hall–Kier alpha value is -3.93. The SMILES string of the molecule is CC(NC(=O)C(N)Cc1c[nH]c2ccccc12)C(=O)NCC(=O)NC(CC(N)=O)C(=O)O. The molecular formula is C20H26N6O6. The number of carbonyl (C=O) groups is 5. The van der Waals surface area contributed by atoms with Crippen molar-refractivity contribution in [2.75, 3.05) is 6.54 Å². The largest absolute Gasteiger partial charge is 0.480 e. The van der Waals surface area contributed by atoms with E-state index in [1.165, 1.54) is 6.92 Å². The third-order valence-electron chi connectivity index (χ3n) is 4.67. The third-order valence-corrected chi connectivity index (χ3v) is 4.67. The van der Waals surface area contributed by atoms with Crippen molar-refractivity contribution in [3.05, 3.63) is 36.0 Å². The van der Waals surface area contributed by atoms with E-state index in [9.17, 15) is 24.0 Å². The molecule has 3 atom stereocenters. The summed E-state index contributed by atoms with van der Waals surface area (Å²) in [5.41, 5.74) is 12.7. The third kappa shape index (κ3) is 6.80. The van der Waals surface area contributed by atoms with E-state index in [1.807, 2.05) is 24.3 Å². The van der Waals surface area contributed by atoms with Crippen molar-refractivity contribution < 1.29 is 29.1 Å². The Labute approximate surface area is 183 Å². The number of aromatic nitrogens is 1. The minimum Gasteiger partial charge on any atom is -0.480 e. The maximum absolute atomic E-state index is 12.4. The predicted molar refractivity (Wildman–Crippen MR) is 114 cm³/mol. The number of H-pyrrole nitrogens is 1. The summed E-state index contributed by atoms with van der Waals surface area (Å²) < 4.78 is 0. The topological polar surface area (TPSA) is 209 Å². The molecule has 0 aliphatic heterocycles. The van der Waals surface area contributed by atoms with Crippen molar-refractivity contribution in [2.45, 2.75) is 37.9 Å². The summed E-state index contributed by atoms with van der Waals surface area (Å²) in [7, 11) is 0. The van der Waals surface area contributed by atoms with Gasteiger partial charge in [0, 0.05) is 17.1 Å². The summed E-state index contributed by atoms with van der Waals surface area (Å²) in [6.07, 6.45) is 1.44. The number of carboxylic acid groups (broad SMARTS) is 1. The quantitative estimate of drug-likeness (QED) is 0.208. The Morgan fingerprint density at radius 3 is 2.44 bits per heavy atom. The fraction of sp³-hybridized carbons (Fsp3) is 0.350. The molecule has 1 aromatic carbocycles. The zero-order valence-electron chi connectivity index (χ0n) is 17.4. The summed E-state index contributed by atoms with van der Waals surface area (Å²) in [5.74, 6) is -4.39. The van der Waals surface area contributed by atoms with Gasteiger partial charge in [0.2, 0.25) is 23.6 Å². The number of fused-ring (bicyclic) bond motifs is 1. The van der Waals surface area contributed by atoms with Gasteiger partial charge in [-0.3, -0.25) is 19.2 Å². The fourth-order valence-corrected chi connectivity index (χ4v) is 2.98. The number of hydrogen-bond acceptors (Lipinski definition) is 6. The van der Waals surface area contributed by atoms with Crippen molar-refractivity contribution in [1.29, 1.82) is 0 Å². The number of primary amides is 1. The lowest BCUT2D eigenvalue weighted by atomic mass is 10.0. The zero-order valence-corrected chi connectivity index (χ0v) is 17.4. The lowest BCUT2D eigenvalue weighted by molar-refractivity contribution is -0.143. The molecule has 0 spiro atoms. The fourth-order valence-electron chi connectivity index (χ4n) is 2.98. The molecule has 9 N–H and O–H groups in total. The second-order valence-corrected chi connectivity index (χ2v) is 7.25. The normalized spacial score (nSPS) is 13.6. The first-order valence-corrected chi connectivity index (χ1v) is 9.77. The van der Waals surface area contributed by atoms with Crippen molar-refractivity contribution in [3.8, 4) is 0 Å². The lowest BCUT2D eigenvalue weighted by Crippen LogP contribution is -2.53. The number of para-hydroxylation sites is 1. The first-order valence-electron chi connectivity index (χ1n) is 9.77. The summed E-state index contributed by atoms with van der Waals surface area (Å²) in [6.45, 7) is 0.861. The number of amides is 4. The molecule has 1 aromatic heterocycles. The van der Waals surface area contributed by atoms with Crippen LogP contribution in [0.1, 0.15) is 18.9 Å². The molecule has 4 amide bonds. The van der Waals surface area contributed by atoms with Crippen LogP contribution in [0, 0.1) is 0 Å². The van der Waals surface area contributed by atoms with Crippen LogP contribution in [-0.4, -0.2) is 64.4 Å². The standard InChI is InChI=1S/C20H26N6O6/c1-10(18(29)24-9-17(28)26-15(20(31)32)7-16(22)27)25-19(30)13(21)6-11-8-23-14-5-3-2-4-12(11)14/h2-5,8,10,13,15,23H,6-7,9,21H2,1H3,(H2,22,27)(H,24,29)(H,25,30)(H,26,28)(H,31,32). The number of hydrogen-bond donors (Lipinski definition) is 7. The minimum atomic E-state index is -1.50. The summed E-state index contributed by atoms with van der Waals surface area (Å²) in [5, 5.41) is 16.7. The average molecular weight is 446 g/mol. The van der Waals surface area contributed by atoms with Crippen LogP contribution in [-0.2, 0) is 30.4 Å². The monoisotopic (exact) mass is 446 g/mol. The van der Waals surface area contributed by atoms with Crippen molar-refractivity contribution in [2.24, 2.45) is 11.5 Å². The van der Waals surface area contributed by atoms with Crippen LogP contribution in [0.15, 0.2) is 30.5 Å². The molecule has 1 heterocycles. The number of nitrogens with one attached hydrogen (secondary N) is 4. The lowest BCUT2D eigenvalue weighted by Gasteiger charge is -2.18. The summed E-state index contributed by atoms with van der Waals surface area (Å²) in [4.78, 5) is 61.3. The second kappa shape index (κ2) is 10.9. The van der Waals surface area contributed by atoms with E-state index in [0.717, 1.165) is 16.5 Å². The van der Waals surface area contributed by atoms with E-state index in [4.69, 9.17) is 16.6 Å². The van der Waals surface area contributed by atoms with Gasteiger partial charge < -0.3 is 37.5 Å². The van der Waals surface area contributed by atoms with Gasteiger partial charge in [0.05, 0.1) is 19.0 Å². The van der Waals surface area contributed by atoms with Crippen molar-refractivity contribution in [3.63, 3.8) is 0 Å². The molecule has 32 heavy (non-hydrogen) atoms. The van der Waals surface area contributed by atoms with E-state index in [0.29, 0.717) is 0 Å². The zero-order chi connectivity index (χ0) is 23.8. The number of nitrogens with two attached hydrogens (primary N) is 2. The highest BCUT2D eigenvalue weighted by Crippen LogP contribution is 2.18. The van der Waals surface area contributed by atoms with Crippen LogP contribution in [0.5, 0.6) is 0 Å². The van der Waals surface area contributed by atoms with Gasteiger partial charge in [0.15, 0.2) is 0 Å². The molecule has 0 saturated carbocycles. The van der Waals surface area contributed by atoms with E-state index in [-0.39, 0.29) is 6.42 Å². The molecule has 0 bridgehead atoms. The first-order chi connectivity index (χ1) is 15.1. The second-order valence-electron chi connectivity index (χ2n) is 7.25. The highest BCUT2D eigenvalue weighted by atomic mass is 16.4. The van der Waals surface area contributed by atoms with E-state index in [2.05, 4.69) is 20.9 Å². The summed E-state index contributed by atoms with van der Waals surface area (Å²) >= 11 is 0. The molecular weight excluding hydrogens is 420 g/mol. The van der Waals surface area contributed by atoms with Crippen LogP contribution in [0.25, 0.3) is 10.9 Å². The number of rotatable bonds is 11. The van der Waals surface area contributed by atoms with Gasteiger partial charge in [-0.15, -0.1) is 0 Å². The highest BCUT2D eigenvalue weighted by Gasteiger charge is 2.24. The molecule has 0 fully saturated rings. The first kappa shape index (κ1) is 24.3. The van der Waals surface area contributed by atoms with Gasteiger partial charge in [0.25, 0.3) is 0 Å². The van der Waals surface area contributed by atoms with Crippen LogP contribution in [0.4, 0.5) is 0 Å². The van der Waals surface area contributed by atoms with E-state index < -0.39 is 60.7 Å². The maximum Gasteiger partial charge on any atom is 0.326 e. The maximum atomic E-state index is 12.4. The Bertz CT molecular complexity index is 1020. The predicted octanol–water partition coefficient (Wildman–Crippen LogP) is -1.90. The molecule has 0 aliphatic carbocycles. The van der Waals surface area contributed by atoms with Crippen molar-refractivity contribution >= 4 is 40.5 Å². The van der Waals surface area contributed by atoms with Gasteiger partial charge in [-0.05, 0) is 25.0 Å². The molecule has 3 unspecified atom stereocenters. The molecule has 0 saturated heterocycles. The molecule has 12 nitrogen and oxygen atoms in total. The average Bonchev–Trinajstić information content (AvgIpc) is 3.13. The Kier molecular flexibility index (Phi) is 8.30. The molecule has 12 heteroatoms. The number of aliphatic carboxylic acids is 1. The van der Waals surface area contributed by atoms with Gasteiger partial charge in [-0.25, -0.2) is 4.79 Å². The van der Waals surface area contributed by atoms with E-state index in [1.54, 1.807) is 6.20 Å². The molecule has 2 rings (SSSR count). The van der Waals surface area contributed by atoms with Crippen LogP contribution in [0.3, 0.4) is 0 Å².